The van der Waals surface area contributed by atoms with Crippen LogP contribution in [-0.4, -0.2) is 28.0 Å². The average Bonchev–Trinajstić information content (AvgIpc) is 2.27. The third-order valence-electron chi connectivity index (χ3n) is 1.50. The van der Waals surface area contributed by atoms with Crippen molar-refractivity contribution in [2.24, 2.45) is 0 Å². The van der Waals surface area contributed by atoms with Crippen LogP contribution in [0.1, 0.15) is 0 Å². The van der Waals surface area contributed by atoms with Crippen LogP contribution in [-0.2, 0) is 0 Å². The van der Waals surface area contributed by atoms with E-state index in [0.29, 0.717) is 0 Å². The van der Waals surface area contributed by atoms with E-state index >= 15 is 0 Å². The minimum atomic E-state index is 0. The van der Waals surface area contributed by atoms with Crippen LogP contribution in [0.15, 0.2) is 34.9 Å². The van der Waals surface area contributed by atoms with Crippen molar-refractivity contribution in [3.8, 4) is 0 Å². The van der Waals surface area contributed by atoms with E-state index in [1.807, 2.05) is 12.1 Å². The fraction of sp³-hybridized carbons (Fsp3) is 0. The lowest BCUT2D eigenvalue weighted by atomic mass is 10.3. The first kappa shape index (κ1) is 9.10. The maximum atomic E-state index is 3.37. The van der Waals surface area contributed by atoms with Crippen molar-refractivity contribution < 1.29 is 0 Å². The molecule has 1 aromatic heterocycles. The highest BCUT2D eigenvalue weighted by molar-refractivity contribution is 9.10. The number of nitrogens with one attached hydrogen (secondary N) is 1. The van der Waals surface area contributed by atoms with Gasteiger partial charge in [-0.2, -0.15) is 0 Å². The molecule has 0 unspecified atom stereocenters. The van der Waals surface area contributed by atoms with E-state index in [2.05, 4.69) is 39.1 Å². The molecular weight excluding hydrogens is 214 g/mol. The topological polar surface area (TPSA) is 15.8 Å². The smallest absolute Gasteiger partial charge is 0.316 e. The Morgan fingerprint density at radius 1 is 1.18 bits per heavy atom. The lowest BCUT2D eigenvalue weighted by Gasteiger charge is -1.83. The highest BCUT2D eigenvalue weighted by Crippen LogP contribution is 2.17. The van der Waals surface area contributed by atoms with Gasteiger partial charge in [-0.15, -0.1) is 0 Å². The van der Waals surface area contributed by atoms with Crippen molar-refractivity contribution in [3.05, 3.63) is 34.9 Å². The van der Waals surface area contributed by atoms with E-state index < -0.39 is 0 Å². The van der Waals surface area contributed by atoms with E-state index in [9.17, 15) is 0 Å². The number of fused-ring (bicyclic) bond motifs is 1. The predicted molar refractivity (Wildman–Crippen MR) is 54.5 cm³/mol. The number of H-pyrrole nitrogens is 1. The molecule has 0 bridgehead atoms. The minimum absolute atomic E-state index is 0. The molecule has 0 spiro atoms. The van der Waals surface area contributed by atoms with Crippen LogP contribution < -0.4 is 0 Å². The number of hydrogen-bond acceptors (Lipinski definition) is 0. The Labute approximate surface area is 89.5 Å². The zero-order chi connectivity index (χ0) is 6.97. The van der Waals surface area contributed by atoms with Gasteiger partial charge in [0.2, 0.25) is 0 Å². The summed E-state index contributed by atoms with van der Waals surface area (Å²) in [4.78, 5) is 3.18. The van der Waals surface area contributed by atoms with E-state index in [-0.39, 0.29) is 23.1 Å². The van der Waals surface area contributed by atoms with E-state index in [0.717, 1.165) is 4.60 Å². The number of para-hydroxylation sites is 1. The molecule has 0 fully saturated rings. The van der Waals surface area contributed by atoms with Gasteiger partial charge in [-0.05, 0) is 28.1 Å². The van der Waals surface area contributed by atoms with Crippen LogP contribution in [0.2, 0.25) is 0 Å². The molecule has 11 heavy (non-hydrogen) atoms. The second-order valence-electron chi connectivity index (χ2n) is 2.20. The maximum absolute atomic E-state index is 3.37. The molecule has 0 aliphatic heterocycles. The van der Waals surface area contributed by atoms with Gasteiger partial charge in [0.05, 0.1) is 4.60 Å². The first-order valence-corrected chi connectivity index (χ1v) is 3.89. The summed E-state index contributed by atoms with van der Waals surface area (Å²) in [6.07, 6.45) is 0. The SMILES string of the molecule is Brc1cc2ccccc2[nH]1.[MgH2]. The van der Waals surface area contributed by atoms with Crippen LogP contribution in [0, 0.1) is 0 Å². The van der Waals surface area contributed by atoms with Gasteiger partial charge in [-0.1, -0.05) is 18.2 Å². The Bertz CT molecular complexity index is 323. The van der Waals surface area contributed by atoms with Crippen LogP contribution in [0.4, 0.5) is 0 Å². The molecule has 54 valence electrons. The van der Waals surface area contributed by atoms with E-state index in [4.69, 9.17) is 0 Å². The molecule has 0 aliphatic rings. The fourth-order valence-electron chi connectivity index (χ4n) is 1.04. The van der Waals surface area contributed by atoms with Crippen molar-refractivity contribution >= 4 is 49.9 Å². The van der Waals surface area contributed by atoms with Gasteiger partial charge in [0.15, 0.2) is 0 Å². The van der Waals surface area contributed by atoms with Crippen molar-refractivity contribution in [3.63, 3.8) is 0 Å². The monoisotopic (exact) mass is 221 g/mol. The summed E-state index contributed by atoms with van der Waals surface area (Å²) < 4.78 is 1.04. The lowest BCUT2D eigenvalue weighted by Crippen LogP contribution is -1.62. The zero-order valence-corrected chi connectivity index (χ0v) is 6.85. The van der Waals surface area contributed by atoms with E-state index in [1.54, 1.807) is 0 Å². The molecule has 1 nitrogen and oxygen atoms in total. The molecule has 0 saturated heterocycles. The number of hydrogen-bond donors (Lipinski definition) is 1. The molecule has 0 radical (unpaired) electrons. The normalized spacial score (nSPS) is 9.55. The molecule has 0 aliphatic carbocycles. The molecule has 0 atom stereocenters. The maximum Gasteiger partial charge on any atom is 0.316 e. The highest BCUT2D eigenvalue weighted by atomic mass is 79.9. The molecule has 2 rings (SSSR count). The third-order valence-corrected chi connectivity index (χ3v) is 1.92. The van der Waals surface area contributed by atoms with Crippen LogP contribution >= 0.6 is 15.9 Å². The molecule has 0 saturated carbocycles. The standard InChI is InChI=1S/C8H6BrN.Mg.2H/c9-8-5-6-3-1-2-4-7(6)10-8;;;/h1-5,10H;;;. The Hall–Kier alpha value is 0.00623. The molecule has 1 aromatic carbocycles. The van der Waals surface area contributed by atoms with Gasteiger partial charge in [0, 0.05) is 10.9 Å². The number of rotatable bonds is 0. The summed E-state index contributed by atoms with van der Waals surface area (Å²) in [6, 6.07) is 10.2. The van der Waals surface area contributed by atoms with Gasteiger partial charge < -0.3 is 4.98 Å². The Morgan fingerprint density at radius 2 is 1.91 bits per heavy atom. The predicted octanol–water partition coefficient (Wildman–Crippen LogP) is 2.01. The fourth-order valence-corrected chi connectivity index (χ4v) is 1.50. The number of halogens is 1. The summed E-state index contributed by atoms with van der Waals surface area (Å²) in [7, 11) is 0. The van der Waals surface area contributed by atoms with E-state index in [1.165, 1.54) is 10.9 Å². The van der Waals surface area contributed by atoms with Gasteiger partial charge in [0.25, 0.3) is 0 Å². The van der Waals surface area contributed by atoms with Crippen LogP contribution in [0.5, 0.6) is 0 Å². The largest absolute Gasteiger partial charge is 0.349 e. The molecule has 0 amide bonds. The van der Waals surface area contributed by atoms with Gasteiger partial charge in [-0.25, -0.2) is 0 Å². The average molecular weight is 222 g/mol. The molecule has 3 heteroatoms. The second-order valence-corrected chi connectivity index (χ2v) is 3.06. The summed E-state index contributed by atoms with van der Waals surface area (Å²) in [5.41, 5.74) is 1.18. The quantitative estimate of drug-likeness (QED) is 0.656. The van der Waals surface area contributed by atoms with Crippen LogP contribution in [0.25, 0.3) is 10.9 Å². The molecule has 2 aromatic rings. The molecule has 1 N–H and O–H groups in total. The summed E-state index contributed by atoms with van der Waals surface area (Å²) in [5.74, 6) is 0. The summed E-state index contributed by atoms with van der Waals surface area (Å²) >= 11 is 3.37. The number of aromatic nitrogens is 1. The zero-order valence-electron chi connectivity index (χ0n) is 5.26. The van der Waals surface area contributed by atoms with Crippen LogP contribution in [0.3, 0.4) is 0 Å². The second kappa shape index (κ2) is 3.60. The van der Waals surface area contributed by atoms with Crippen molar-refractivity contribution in [2.75, 3.05) is 0 Å². The van der Waals surface area contributed by atoms with Gasteiger partial charge >= 0.3 is 23.1 Å². The summed E-state index contributed by atoms with van der Waals surface area (Å²) in [6.45, 7) is 0. The Morgan fingerprint density at radius 3 is 2.64 bits per heavy atom. The minimum Gasteiger partial charge on any atom is -0.349 e. The highest BCUT2D eigenvalue weighted by Gasteiger charge is 1.93. The first-order chi connectivity index (χ1) is 4.86. The number of aromatic amines is 1. The third kappa shape index (κ3) is 1.78. The summed E-state index contributed by atoms with van der Waals surface area (Å²) in [5, 5.41) is 1.24. The molecular formula is C8H8BrMgN. The Balaban J connectivity index is 0.000000605. The first-order valence-electron chi connectivity index (χ1n) is 3.09. The van der Waals surface area contributed by atoms with Gasteiger partial charge in [-0.3, -0.25) is 0 Å². The Kier molecular flexibility index (Phi) is 2.98. The van der Waals surface area contributed by atoms with Crippen molar-refractivity contribution in [2.45, 2.75) is 0 Å². The number of benzene rings is 1. The molecule has 1 heterocycles. The lowest BCUT2D eigenvalue weighted by molar-refractivity contribution is 1.41. The van der Waals surface area contributed by atoms with Gasteiger partial charge in [0.1, 0.15) is 0 Å². The van der Waals surface area contributed by atoms with Crippen molar-refractivity contribution in [1.82, 2.24) is 4.98 Å². The van der Waals surface area contributed by atoms with Crippen molar-refractivity contribution in [1.29, 1.82) is 0 Å².